The SMILES string of the molecule is O=c1c(-c2ccccn2)c(CCNc2ncnc3nc[nH]c23)nc2ccc(F)cn12. The van der Waals surface area contributed by atoms with Gasteiger partial charge in [0, 0.05) is 25.4 Å². The van der Waals surface area contributed by atoms with Crippen LogP contribution in [0.3, 0.4) is 0 Å². The Morgan fingerprint density at radius 3 is 2.90 bits per heavy atom. The Morgan fingerprint density at radius 2 is 2.03 bits per heavy atom. The van der Waals surface area contributed by atoms with Gasteiger partial charge in [-0.3, -0.25) is 14.2 Å². The van der Waals surface area contributed by atoms with Crippen molar-refractivity contribution in [3.05, 3.63) is 77.2 Å². The summed E-state index contributed by atoms with van der Waals surface area (Å²) in [4.78, 5) is 37.5. The van der Waals surface area contributed by atoms with E-state index in [2.05, 4.69) is 35.2 Å². The summed E-state index contributed by atoms with van der Waals surface area (Å²) in [5.41, 5.74) is 2.65. The Morgan fingerprint density at radius 1 is 1.10 bits per heavy atom. The molecule has 5 aromatic heterocycles. The minimum Gasteiger partial charge on any atom is -0.368 e. The number of imidazole rings is 1. The van der Waals surface area contributed by atoms with Gasteiger partial charge in [0.1, 0.15) is 23.3 Å². The van der Waals surface area contributed by atoms with Crippen molar-refractivity contribution < 1.29 is 4.39 Å². The summed E-state index contributed by atoms with van der Waals surface area (Å²) in [5, 5.41) is 3.23. The Balaban J connectivity index is 1.53. The zero-order chi connectivity index (χ0) is 20.5. The Kier molecular flexibility index (Phi) is 4.36. The second kappa shape index (κ2) is 7.32. The van der Waals surface area contributed by atoms with E-state index in [1.807, 2.05) is 0 Å². The lowest BCUT2D eigenvalue weighted by atomic mass is 10.1. The molecule has 0 spiro atoms. The molecule has 10 heteroatoms. The van der Waals surface area contributed by atoms with Crippen LogP contribution in [-0.2, 0) is 6.42 Å². The number of aromatic nitrogens is 7. The molecule has 0 unspecified atom stereocenters. The Bertz CT molecular complexity index is 1410. The fourth-order valence-electron chi connectivity index (χ4n) is 3.31. The molecule has 0 aliphatic heterocycles. The van der Waals surface area contributed by atoms with E-state index in [0.717, 1.165) is 6.20 Å². The van der Waals surface area contributed by atoms with Gasteiger partial charge in [-0.1, -0.05) is 6.07 Å². The number of hydrogen-bond donors (Lipinski definition) is 2. The van der Waals surface area contributed by atoms with Crippen molar-refractivity contribution >= 4 is 22.6 Å². The lowest BCUT2D eigenvalue weighted by Gasteiger charge is -2.11. The quantitative estimate of drug-likeness (QED) is 0.463. The van der Waals surface area contributed by atoms with Crippen molar-refractivity contribution in [1.29, 1.82) is 0 Å². The average Bonchev–Trinajstić information content (AvgIpc) is 3.25. The van der Waals surface area contributed by atoms with Crippen molar-refractivity contribution in [2.75, 3.05) is 11.9 Å². The van der Waals surface area contributed by atoms with E-state index in [1.54, 1.807) is 30.7 Å². The highest BCUT2D eigenvalue weighted by molar-refractivity contribution is 5.81. The summed E-state index contributed by atoms with van der Waals surface area (Å²) >= 11 is 0. The van der Waals surface area contributed by atoms with E-state index in [1.165, 1.54) is 22.9 Å². The van der Waals surface area contributed by atoms with E-state index < -0.39 is 5.82 Å². The molecular formula is C20H15FN8O. The molecule has 0 saturated carbocycles. The normalized spacial score (nSPS) is 11.2. The number of halogens is 1. The molecule has 5 heterocycles. The molecule has 0 bridgehead atoms. The largest absolute Gasteiger partial charge is 0.368 e. The standard InChI is InChI=1S/C20H15FN8O/c21-12-4-5-15-28-14(6-8-23-18-17-19(25-10-24-17)27-11-26-18)16(20(30)29(15)9-12)13-3-1-2-7-22-13/h1-5,7,9-11H,6,8H2,(H2,23,24,25,26,27). The number of nitrogens with zero attached hydrogens (tertiary/aromatic N) is 6. The van der Waals surface area contributed by atoms with Gasteiger partial charge in [0.15, 0.2) is 11.5 Å². The maximum absolute atomic E-state index is 13.7. The van der Waals surface area contributed by atoms with Crippen LogP contribution in [0.15, 0.2) is 60.2 Å². The van der Waals surface area contributed by atoms with Crippen LogP contribution in [0.5, 0.6) is 0 Å². The number of pyridine rings is 2. The molecular weight excluding hydrogens is 387 g/mol. The van der Waals surface area contributed by atoms with Crippen LogP contribution in [0.25, 0.3) is 28.1 Å². The first-order valence-corrected chi connectivity index (χ1v) is 9.21. The van der Waals surface area contributed by atoms with Crippen LogP contribution in [0.2, 0.25) is 0 Å². The maximum atomic E-state index is 13.7. The highest BCUT2D eigenvalue weighted by Gasteiger charge is 2.16. The van der Waals surface area contributed by atoms with E-state index in [0.29, 0.717) is 52.5 Å². The topological polar surface area (TPSA) is 114 Å². The summed E-state index contributed by atoms with van der Waals surface area (Å²) in [5.74, 6) is 0.0941. The highest BCUT2D eigenvalue weighted by atomic mass is 19.1. The van der Waals surface area contributed by atoms with Crippen molar-refractivity contribution in [2.24, 2.45) is 0 Å². The van der Waals surface area contributed by atoms with Gasteiger partial charge in [-0.25, -0.2) is 24.3 Å². The molecule has 0 atom stereocenters. The predicted octanol–water partition coefficient (Wildman–Crippen LogP) is 2.22. The molecule has 0 aliphatic rings. The third kappa shape index (κ3) is 3.13. The minimum atomic E-state index is -0.514. The number of aromatic amines is 1. The summed E-state index contributed by atoms with van der Waals surface area (Å²) < 4.78 is 14.9. The van der Waals surface area contributed by atoms with Gasteiger partial charge in [-0.15, -0.1) is 0 Å². The zero-order valence-corrected chi connectivity index (χ0v) is 15.6. The lowest BCUT2D eigenvalue weighted by Crippen LogP contribution is -2.22. The molecule has 0 radical (unpaired) electrons. The first-order chi connectivity index (χ1) is 14.7. The number of rotatable bonds is 5. The first-order valence-electron chi connectivity index (χ1n) is 9.21. The van der Waals surface area contributed by atoms with E-state index in [-0.39, 0.29) is 5.56 Å². The number of H-pyrrole nitrogens is 1. The molecule has 30 heavy (non-hydrogen) atoms. The summed E-state index contributed by atoms with van der Waals surface area (Å²) in [7, 11) is 0. The van der Waals surface area contributed by atoms with E-state index in [9.17, 15) is 9.18 Å². The van der Waals surface area contributed by atoms with E-state index >= 15 is 0 Å². The van der Waals surface area contributed by atoms with E-state index in [4.69, 9.17) is 0 Å². The number of hydrogen-bond acceptors (Lipinski definition) is 7. The maximum Gasteiger partial charge on any atom is 0.267 e. The van der Waals surface area contributed by atoms with Crippen LogP contribution in [0.4, 0.5) is 10.2 Å². The third-order valence-electron chi connectivity index (χ3n) is 4.66. The first kappa shape index (κ1) is 17.9. The fourth-order valence-corrected chi connectivity index (χ4v) is 3.31. The molecule has 0 aromatic carbocycles. The second-order valence-electron chi connectivity index (χ2n) is 6.53. The van der Waals surface area contributed by atoms with Gasteiger partial charge in [-0.2, -0.15) is 0 Å². The minimum absolute atomic E-state index is 0.342. The lowest BCUT2D eigenvalue weighted by molar-refractivity contribution is 0.617. The number of anilines is 1. The van der Waals surface area contributed by atoms with Crippen molar-refractivity contribution in [3.8, 4) is 11.3 Å². The van der Waals surface area contributed by atoms with Crippen LogP contribution >= 0.6 is 0 Å². The second-order valence-corrected chi connectivity index (χ2v) is 6.53. The van der Waals surface area contributed by atoms with Crippen LogP contribution in [0.1, 0.15) is 5.69 Å². The molecule has 0 saturated heterocycles. The molecule has 0 amide bonds. The summed E-state index contributed by atoms with van der Waals surface area (Å²) in [6.07, 6.45) is 6.14. The summed E-state index contributed by atoms with van der Waals surface area (Å²) in [6, 6.07) is 8.05. The Labute approximate surface area is 168 Å². The molecule has 148 valence electrons. The van der Waals surface area contributed by atoms with Crippen molar-refractivity contribution in [3.63, 3.8) is 0 Å². The Hall–Kier alpha value is -4.21. The summed E-state index contributed by atoms with van der Waals surface area (Å²) in [6.45, 7) is 0.453. The number of nitrogens with one attached hydrogen (secondary N) is 2. The van der Waals surface area contributed by atoms with Gasteiger partial charge in [0.2, 0.25) is 0 Å². The van der Waals surface area contributed by atoms with Crippen LogP contribution in [0, 0.1) is 5.82 Å². The monoisotopic (exact) mass is 402 g/mol. The predicted molar refractivity (Wildman–Crippen MR) is 109 cm³/mol. The molecule has 5 rings (SSSR count). The van der Waals surface area contributed by atoms with Gasteiger partial charge in [0.05, 0.1) is 23.3 Å². The third-order valence-corrected chi connectivity index (χ3v) is 4.66. The van der Waals surface area contributed by atoms with Crippen molar-refractivity contribution in [1.82, 2.24) is 34.3 Å². The van der Waals surface area contributed by atoms with Gasteiger partial charge in [-0.05, 0) is 24.3 Å². The molecule has 5 aromatic rings. The highest BCUT2D eigenvalue weighted by Crippen LogP contribution is 2.19. The van der Waals surface area contributed by atoms with Gasteiger partial charge in [0.25, 0.3) is 5.56 Å². The molecule has 9 nitrogen and oxygen atoms in total. The van der Waals surface area contributed by atoms with Gasteiger partial charge >= 0.3 is 0 Å². The van der Waals surface area contributed by atoms with Gasteiger partial charge < -0.3 is 10.3 Å². The van der Waals surface area contributed by atoms with Crippen molar-refractivity contribution in [2.45, 2.75) is 6.42 Å². The van der Waals surface area contributed by atoms with Crippen LogP contribution in [-0.4, -0.2) is 40.8 Å². The number of fused-ring (bicyclic) bond motifs is 2. The van der Waals surface area contributed by atoms with Crippen LogP contribution < -0.4 is 10.9 Å². The zero-order valence-electron chi connectivity index (χ0n) is 15.6. The molecule has 0 aliphatic carbocycles. The smallest absolute Gasteiger partial charge is 0.267 e. The average molecular weight is 402 g/mol. The fraction of sp³-hybridized carbons (Fsp3) is 0.100. The molecule has 0 fully saturated rings. The molecule has 2 N–H and O–H groups in total.